The van der Waals surface area contributed by atoms with Crippen molar-refractivity contribution in [1.29, 1.82) is 0 Å². The molecule has 6 nitrogen and oxygen atoms in total. The molecule has 0 unspecified atom stereocenters. The van der Waals surface area contributed by atoms with E-state index in [4.69, 9.17) is 9.97 Å². The molecular formula is C25H26FN5O. The third-order valence-electron chi connectivity index (χ3n) is 6.40. The minimum absolute atomic E-state index is 0.167. The van der Waals surface area contributed by atoms with E-state index >= 15 is 0 Å². The van der Waals surface area contributed by atoms with Gasteiger partial charge in [-0.25, -0.2) is 14.4 Å². The number of rotatable bonds is 5. The number of nitrogens with zero attached hydrogens (tertiary/aromatic N) is 4. The van der Waals surface area contributed by atoms with Gasteiger partial charge in [0.15, 0.2) is 0 Å². The molecule has 1 amide bonds. The minimum atomic E-state index is -0.307. The van der Waals surface area contributed by atoms with Crippen LogP contribution in [0, 0.1) is 17.7 Å². The summed E-state index contributed by atoms with van der Waals surface area (Å²) in [5, 5.41) is 3.21. The zero-order valence-corrected chi connectivity index (χ0v) is 18.0. The van der Waals surface area contributed by atoms with Gasteiger partial charge in [0.05, 0.1) is 5.69 Å². The molecule has 2 fully saturated rings. The van der Waals surface area contributed by atoms with Crippen LogP contribution in [-0.4, -0.2) is 38.8 Å². The molecule has 5 rings (SSSR count). The van der Waals surface area contributed by atoms with Crippen LogP contribution >= 0.6 is 0 Å². The molecule has 1 saturated heterocycles. The van der Waals surface area contributed by atoms with Crippen LogP contribution in [0.2, 0.25) is 0 Å². The van der Waals surface area contributed by atoms with E-state index in [-0.39, 0.29) is 17.7 Å². The standard InChI is InChI=1S/C25H26FN5O/c1-16-12-21(16)25(32)31-10-7-17(8-11-31)24-29-22(18-4-3-9-27-15-18)14-23(30-24)28-20-6-2-5-19(26)13-20/h2-6,9,13-17,21H,7-8,10-12H2,1H3,(H,28,29,30)/t16-,21-/m1/s1. The number of anilines is 2. The van der Waals surface area contributed by atoms with Crippen molar-refractivity contribution in [3.63, 3.8) is 0 Å². The zero-order chi connectivity index (χ0) is 22.1. The van der Waals surface area contributed by atoms with Crippen LogP contribution in [0.4, 0.5) is 15.9 Å². The molecule has 2 aliphatic rings. The Morgan fingerprint density at radius 3 is 2.62 bits per heavy atom. The van der Waals surface area contributed by atoms with E-state index in [1.54, 1.807) is 24.5 Å². The molecule has 164 valence electrons. The number of pyridine rings is 1. The van der Waals surface area contributed by atoms with Crippen LogP contribution in [0.25, 0.3) is 11.3 Å². The van der Waals surface area contributed by atoms with Crippen molar-refractivity contribution < 1.29 is 9.18 Å². The molecule has 32 heavy (non-hydrogen) atoms. The van der Waals surface area contributed by atoms with Crippen molar-refractivity contribution in [2.45, 2.75) is 32.1 Å². The van der Waals surface area contributed by atoms with Crippen LogP contribution in [0.15, 0.2) is 54.9 Å². The molecule has 0 spiro atoms. The van der Waals surface area contributed by atoms with Crippen molar-refractivity contribution in [1.82, 2.24) is 19.9 Å². The molecule has 2 aromatic heterocycles. The van der Waals surface area contributed by atoms with Crippen LogP contribution in [0.5, 0.6) is 0 Å². The highest BCUT2D eigenvalue weighted by atomic mass is 19.1. The summed E-state index contributed by atoms with van der Waals surface area (Å²) in [7, 11) is 0. The quantitative estimate of drug-likeness (QED) is 0.629. The number of piperidine rings is 1. The van der Waals surface area contributed by atoms with Crippen LogP contribution < -0.4 is 5.32 Å². The molecule has 0 radical (unpaired) electrons. The Morgan fingerprint density at radius 2 is 1.94 bits per heavy atom. The number of hydrogen-bond acceptors (Lipinski definition) is 5. The number of benzene rings is 1. The zero-order valence-electron chi connectivity index (χ0n) is 18.0. The first-order valence-corrected chi connectivity index (χ1v) is 11.2. The molecule has 1 aliphatic heterocycles. The summed E-state index contributed by atoms with van der Waals surface area (Å²) >= 11 is 0. The number of carbonyl (C=O) groups is 1. The Balaban J connectivity index is 1.39. The van der Waals surface area contributed by atoms with Gasteiger partial charge in [0.2, 0.25) is 5.91 Å². The average molecular weight is 432 g/mol. The van der Waals surface area contributed by atoms with Crippen LogP contribution in [-0.2, 0) is 4.79 Å². The van der Waals surface area contributed by atoms with E-state index in [0.29, 0.717) is 23.3 Å². The third-order valence-corrected chi connectivity index (χ3v) is 6.40. The van der Waals surface area contributed by atoms with E-state index in [1.165, 1.54) is 12.1 Å². The number of carbonyl (C=O) groups excluding carboxylic acids is 1. The average Bonchev–Trinajstić information content (AvgIpc) is 3.55. The van der Waals surface area contributed by atoms with Crippen molar-refractivity contribution in [2.24, 2.45) is 11.8 Å². The Kier molecular flexibility index (Phi) is 5.55. The summed E-state index contributed by atoms with van der Waals surface area (Å²) in [6.07, 6.45) is 6.19. The fraction of sp³-hybridized carbons (Fsp3) is 0.360. The Hall–Kier alpha value is -3.35. The highest BCUT2D eigenvalue weighted by molar-refractivity contribution is 5.81. The summed E-state index contributed by atoms with van der Waals surface area (Å²) in [5.74, 6) is 2.27. The van der Waals surface area contributed by atoms with E-state index in [1.807, 2.05) is 23.1 Å². The second kappa shape index (κ2) is 8.65. The molecule has 3 aromatic rings. The van der Waals surface area contributed by atoms with E-state index in [9.17, 15) is 9.18 Å². The van der Waals surface area contributed by atoms with Crippen molar-refractivity contribution in [2.75, 3.05) is 18.4 Å². The van der Waals surface area contributed by atoms with Gasteiger partial charge in [-0.2, -0.15) is 0 Å². The smallest absolute Gasteiger partial charge is 0.225 e. The number of aromatic nitrogens is 3. The van der Waals surface area contributed by atoms with E-state index in [0.717, 1.165) is 49.4 Å². The van der Waals surface area contributed by atoms with Crippen molar-refractivity contribution >= 4 is 17.4 Å². The number of hydrogen-bond donors (Lipinski definition) is 1. The second-order valence-corrected chi connectivity index (χ2v) is 8.79. The lowest BCUT2D eigenvalue weighted by atomic mass is 9.95. The summed E-state index contributed by atoms with van der Waals surface area (Å²) in [5.41, 5.74) is 2.30. The van der Waals surface area contributed by atoms with Gasteiger partial charge in [-0.15, -0.1) is 0 Å². The highest BCUT2D eigenvalue weighted by Crippen LogP contribution is 2.40. The lowest BCUT2D eigenvalue weighted by Gasteiger charge is -2.31. The minimum Gasteiger partial charge on any atom is -0.342 e. The second-order valence-electron chi connectivity index (χ2n) is 8.79. The predicted molar refractivity (Wildman–Crippen MR) is 121 cm³/mol. The number of nitrogens with one attached hydrogen (secondary N) is 1. The molecule has 3 heterocycles. The van der Waals surface area contributed by atoms with Crippen LogP contribution in [0.1, 0.15) is 37.9 Å². The first-order valence-electron chi connectivity index (χ1n) is 11.2. The predicted octanol–water partition coefficient (Wildman–Crippen LogP) is 4.78. The normalized spacial score (nSPS) is 20.8. The lowest BCUT2D eigenvalue weighted by Crippen LogP contribution is -2.39. The molecule has 1 N–H and O–H groups in total. The summed E-state index contributed by atoms with van der Waals surface area (Å²) < 4.78 is 13.7. The number of halogens is 1. The SMILES string of the molecule is C[C@@H]1C[C@H]1C(=O)N1CCC(c2nc(Nc3cccc(F)c3)cc(-c3cccnc3)n2)CC1. The van der Waals surface area contributed by atoms with Crippen molar-refractivity contribution in [3.05, 3.63) is 66.5 Å². The molecule has 2 atom stereocenters. The van der Waals surface area contributed by atoms with Gasteiger partial charge in [0.25, 0.3) is 0 Å². The maximum atomic E-state index is 13.7. The van der Waals surface area contributed by atoms with Gasteiger partial charge in [-0.1, -0.05) is 13.0 Å². The maximum absolute atomic E-state index is 13.7. The summed E-state index contributed by atoms with van der Waals surface area (Å²) in [6, 6.07) is 12.0. The lowest BCUT2D eigenvalue weighted by molar-refractivity contribution is -0.133. The highest BCUT2D eigenvalue weighted by Gasteiger charge is 2.42. The Bertz CT molecular complexity index is 1110. The largest absolute Gasteiger partial charge is 0.342 e. The Morgan fingerprint density at radius 1 is 1.12 bits per heavy atom. The van der Waals surface area contributed by atoms with Crippen molar-refractivity contribution in [3.8, 4) is 11.3 Å². The van der Waals surface area contributed by atoms with E-state index < -0.39 is 0 Å². The maximum Gasteiger partial charge on any atom is 0.225 e. The fourth-order valence-corrected chi connectivity index (χ4v) is 4.35. The summed E-state index contributed by atoms with van der Waals surface area (Å²) in [4.78, 5) is 28.4. The fourth-order valence-electron chi connectivity index (χ4n) is 4.35. The third kappa shape index (κ3) is 4.47. The van der Waals surface area contributed by atoms with Gasteiger partial charge >= 0.3 is 0 Å². The molecule has 1 aliphatic carbocycles. The first-order chi connectivity index (χ1) is 15.6. The summed E-state index contributed by atoms with van der Waals surface area (Å²) in [6.45, 7) is 3.61. The van der Waals surface area contributed by atoms with Gasteiger partial charge in [0, 0.05) is 54.6 Å². The Labute approximate surface area is 186 Å². The van der Waals surface area contributed by atoms with Gasteiger partial charge in [-0.05, 0) is 55.5 Å². The molecular weight excluding hydrogens is 405 g/mol. The molecule has 7 heteroatoms. The van der Waals surface area contributed by atoms with Gasteiger partial charge in [0.1, 0.15) is 17.5 Å². The van der Waals surface area contributed by atoms with E-state index in [2.05, 4.69) is 17.2 Å². The topological polar surface area (TPSA) is 71.0 Å². The monoisotopic (exact) mass is 431 g/mol. The van der Waals surface area contributed by atoms with Gasteiger partial charge < -0.3 is 10.2 Å². The molecule has 1 aromatic carbocycles. The first kappa shape index (κ1) is 20.5. The number of amides is 1. The van der Waals surface area contributed by atoms with Gasteiger partial charge in [-0.3, -0.25) is 9.78 Å². The number of likely N-dealkylation sites (tertiary alicyclic amines) is 1. The van der Waals surface area contributed by atoms with Crippen LogP contribution in [0.3, 0.4) is 0 Å². The molecule has 1 saturated carbocycles. The molecule has 0 bridgehead atoms.